The minimum atomic E-state index is -3.64. The molecule has 0 saturated heterocycles. The zero-order valence-electron chi connectivity index (χ0n) is 11.4. The van der Waals surface area contributed by atoms with Crippen LogP contribution in [0.3, 0.4) is 0 Å². The Bertz CT molecular complexity index is 536. The van der Waals surface area contributed by atoms with Crippen LogP contribution in [-0.4, -0.2) is 41.9 Å². The van der Waals surface area contributed by atoms with Crippen LogP contribution in [0.15, 0.2) is 27.6 Å². The third kappa shape index (κ3) is 4.80. The number of hydrogen-bond donors (Lipinski definition) is 2. The van der Waals surface area contributed by atoms with Crippen LogP contribution in [0, 0.1) is 0 Å². The lowest BCUT2D eigenvalue weighted by molar-refractivity contribution is 0.0320. The van der Waals surface area contributed by atoms with Crippen molar-refractivity contribution in [2.75, 3.05) is 27.4 Å². The fourth-order valence-corrected chi connectivity index (χ4v) is 3.64. The zero-order valence-corrected chi connectivity index (χ0v) is 13.8. The van der Waals surface area contributed by atoms with E-state index in [9.17, 15) is 8.42 Å². The summed E-state index contributed by atoms with van der Waals surface area (Å²) in [6.45, 7) is 0.717. The molecule has 1 aromatic carbocycles. The SMILES string of the molecule is COCC(CNS(=O)(=O)c1cc(CN)ccc1Br)OC. The minimum Gasteiger partial charge on any atom is -0.382 e. The minimum absolute atomic E-state index is 0.131. The molecule has 0 spiro atoms. The molecule has 1 rings (SSSR count). The highest BCUT2D eigenvalue weighted by molar-refractivity contribution is 9.10. The van der Waals surface area contributed by atoms with Gasteiger partial charge in [-0.1, -0.05) is 6.07 Å². The Labute approximate surface area is 127 Å². The Balaban J connectivity index is 2.88. The highest BCUT2D eigenvalue weighted by Gasteiger charge is 2.20. The summed E-state index contributed by atoms with van der Waals surface area (Å²) >= 11 is 3.23. The average molecular weight is 367 g/mol. The van der Waals surface area contributed by atoms with Crippen LogP contribution in [0.1, 0.15) is 5.56 Å². The molecule has 0 heterocycles. The monoisotopic (exact) mass is 366 g/mol. The Morgan fingerprint density at radius 3 is 2.65 bits per heavy atom. The van der Waals surface area contributed by atoms with Gasteiger partial charge in [0.25, 0.3) is 0 Å². The molecule has 8 heteroatoms. The van der Waals surface area contributed by atoms with Crippen LogP contribution in [0.5, 0.6) is 0 Å². The summed E-state index contributed by atoms with van der Waals surface area (Å²) in [5.74, 6) is 0. The molecule has 1 atom stereocenters. The number of rotatable bonds is 8. The van der Waals surface area contributed by atoms with Gasteiger partial charge in [0, 0.05) is 31.8 Å². The Kier molecular flexibility index (Phi) is 7.07. The fraction of sp³-hybridized carbons (Fsp3) is 0.500. The highest BCUT2D eigenvalue weighted by atomic mass is 79.9. The molecule has 0 amide bonds. The standard InChI is InChI=1S/C12H19BrN2O4S/c1-18-8-10(19-2)7-15-20(16,17)12-5-9(6-14)3-4-11(12)13/h3-5,10,15H,6-8,14H2,1-2H3. The summed E-state index contributed by atoms with van der Waals surface area (Å²) in [6.07, 6.45) is -0.341. The maximum atomic E-state index is 12.3. The Hall–Kier alpha value is -0.510. The first-order valence-electron chi connectivity index (χ1n) is 5.94. The molecule has 6 nitrogen and oxygen atoms in total. The lowest BCUT2D eigenvalue weighted by Gasteiger charge is -2.16. The van der Waals surface area contributed by atoms with Crippen molar-refractivity contribution in [3.05, 3.63) is 28.2 Å². The molecule has 0 radical (unpaired) electrons. The van der Waals surface area contributed by atoms with Crippen molar-refractivity contribution in [3.8, 4) is 0 Å². The summed E-state index contributed by atoms with van der Waals surface area (Å²) in [5, 5.41) is 0. The van der Waals surface area contributed by atoms with E-state index in [0.29, 0.717) is 11.1 Å². The van der Waals surface area contributed by atoms with Gasteiger partial charge in [-0.15, -0.1) is 0 Å². The van der Waals surface area contributed by atoms with E-state index in [1.165, 1.54) is 14.2 Å². The topological polar surface area (TPSA) is 90.7 Å². The number of hydrogen-bond acceptors (Lipinski definition) is 5. The molecule has 3 N–H and O–H groups in total. The summed E-state index contributed by atoms with van der Waals surface area (Å²) in [6, 6.07) is 4.98. The van der Waals surface area contributed by atoms with Gasteiger partial charge in [0.15, 0.2) is 0 Å². The Morgan fingerprint density at radius 2 is 2.10 bits per heavy atom. The molecule has 20 heavy (non-hydrogen) atoms. The molecule has 0 bridgehead atoms. The molecule has 0 aliphatic rings. The molecule has 0 aromatic heterocycles. The van der Waals surface area contributed by atoms with Crippen molar-refractivity contribution in [2.24, 2.45) is 5.73 Å². The lowest BCUT2D eigenvalue weighted by Crippen LogP contribution is -2.35. The van der Waals surface area contributed by atoms with Crippen molar-refractivity contribution < 1.29 is 17.9 Å². The van der Waals surface area contributed by atoms with E-state index >= 15 is 0 Å². The van der Waals surface area contributed by atoms with Gasteiger partial charge in [0.05, 0.1) is 17.6 Å². The number of nitrogens with one attached hydrogen (secondary N) is 1. The maximum Gasteiger partial charge on any atom is 0.241 e. The smallest absolute Gasteiger partial charge is 0.241 e. The van der Waals surface area contributed by atoms with Crippen molar-refractivity contribution in [3.63, 3.8) is 0 Å². The van der Waals surface area contributed by atoms with E-state index in [-0.39, 0.29) is 24.1 Å². The Morgan fingerprint density at radius 1 is 1.40 bits per heavy atom. The van der Waals surface area contributed by atoms with E-state index < -0.39 is 10.0 Å². The quantitative estimate of drug-likeness (QED) is 0.711. The van der Waals surface area contributed by atoms with Crippen LogP contribution in [0.4, 0.5) is 0 Å². The van der Waals surface area contributed by atoms with E-state index in [1.807, 2.05) is 0 Å². The third-order valence-corrected chi connectivity index (χ3v) is 5.13. The highest BCUT2D eigenvalue weighted by Crippen LogP contribution is 2.23. The van der Waals surface area contributed by atoms with E-state index in [2.05, 4.69) is 20.7 Å². The predicted octanol–water partition coefficient (Wildman–Crippen LogP) is 0.848. The van der Waals surface area contributed by atoms with Crippen LogP contribution in [0.25, 0.3) is 0 Å². The van der Waals surface area contributed by atoms with Gasteiger partial charge in [0.2, 0.25) is 10.0 Å². The average Bonchev–Trinajstić information content (AvgIpc) is 2.43. The molecule has 1 aromatic rings. The first kappa shape index (κ1) is 17.5. The second kappa shape index (κ2) is 8.06. The molecule has 114 valence electrons. The van der Waals surface area contributed by atoms with Crippen molar-refractivity contribution in [1.29, 1.82) is 0 Å². The van der Waals surface area contributed by atoms with Gasteiger partial charge in [-0.2, -0.15) is 0 Å². The summed E-state index contributed by atoms with van der Waals surface area (Å²) in [4.78, 5) is 0.160. The zero-order chi connectivity index (χ0) is 15.2. The fourth-order valence-electron chi connectivity index (χ4n) is 1.56. The molecule has 0 saturated carbocycles. The second-order valence-corrected chi connectivity index (χ2v) is 6.72. The van der Waals surface area contributed by atoms with Gasteiger partial charge in [0.1, 0.15) is 0 Å². The molecular weight excluding hydrogens is 348 g/mol. The number of benzene rings is 1. The maximum absolute atomic E-state index is 12.3. The van der Waals surface area contributed by atoms with Crippen LogP contribution in [-0.2, 0) is 26.0 Å². The van der Waals surface area contributed by atoms with Gasteiger partial charge in [-0.3, -0.25) is 0 Å². The van der Waals surface area contributed by atoms with Gasteiger partial charge in [-0.05, 0) is 33.6 Å². The number of ether oxygens (including phenoxy) is 2. The van der Waals surface area contributed by atoms with Crippen molar-refractivity contribution in [2.45, 2.75) is 17.5 Å². The van der Waals surface area contributed by atoms with E-state index in [1.54, 1.807) is 18.2 Å². The normalized spacial score (nSPS) is 13.4. The van der Waals surface area contributed by atoms with Crippen LogP contribution < -0.4 is 10.5 Å². The molecule has 0 fully saturated rings. The van der Waals surface area contributed by atoms with Gasteiger partial charge >= 0.3 is 0 Å². The number of halogens is 1. The summed E-state index contributed by atoms with van der Waals surface area (Å²) in [5.41, 5.74) is 6.27. The van der Waals surface area contributed by atoms with Crippen molar-refractivity contribution in [1.82, 2.24) is 4.72 Å². The van der Waals surface area contributed by atoms with E-state index in [0.717, 1.165) is 5.56 Å². The number of sulfonamides is 1. The van der Waals surface area contributed by atoms with Gasteiger partial charge < -0.3 is 15.2 Å². The lowest BCUT2D eigenvalue weighted by atomic mass is 10.2. The molecule has 1 unspecified atom stereocenters. The summed E-state index contributed by atoms with van der Waals surface area (Å²) in [7, 11) is -0.602. The number of methoxy groups -OCH3 is 2. The third-order valence-electron chi connectivity index (χ3n) is 2.71. The predicted molar refractivity (Wildman–Crippen MR) is 79.9 cm³/mol. The number of nitrogens with two attached hydrogens (primary N) is 1. The molecular formula is C12H19BrN2O4S. The largest absolute Gasteiger partial charge is 0.382 e. The van der Waals surface area contributed by atoms with E-state index in [4.69, 9.17) is 15.2 Å². The first-order valence-corrected chi connectivity index (χ1v) is 8.22. The van der Waals surface area contributed by atoms with Crippen LogP contribution >= 0.6 is 15.9 Å². The summed E-state index contributed by atoms with van der Waals surface area (Å²) < 4.78 is 37.6. The van der Waals surface area contributed by atoms with Crippen LogP contribution in [0.2, 0.25) is 0 Å². The van der Waals surface area contributed by atoms with Gasteiger partial charge in [-0.25, -0.2) is 13.1 Å². The second-order valence-electron chi connectivity index (χ2n) is 4.13. The molecule has 0 aliphatic carbocycles. The van der Waals surface area contributed by atoms with Crippen molar-refractivity contribution >= 4 is 26.0 Å². The first-order chi connectivity index (χ1) is 9.44. The molecule has 0 aliphatic heterocycles.